The summed E-state index contributed by atoms with van der Waals surface area (Å²) in [7, 11) is 1.77. The van der Waals surface area contributed by atoms with Crippen LogP contribution in [-0.2, 0) is 6.54 Å². The Kier molecular flexibility index (Phi) is 2.44. The van der Waals surface area contributed by atoms with E-state index in [9.17, 15) is 8.78 Å². The van der Waals surface area contributed by atoms with Gasteiger partial charge in [0.2, 0.25) is 5.82 Å². The number of halogens is 2. The minimum absolute atomic E-state index is 0.00208. The van der Waals surface area contributed by atoms with Gasteiger partial charge in [-0.1, -0.05) is 0 Å². The van der Waals surface area contributed by atoms with Crippen molar-refractivity contribution < 1.29 is 13.2 Å². The number of rotatable bonds is 2. The van der Waals surface area contributed by atoms with Gasteiger partial charge in [-0.3, -0.25) is 0 Å². The Morgan fingerprint density at radius 3 is 2.73 bits per heavy atom. The zero-order valence-electron chi connectivity index (χ0n) is 8.53. The zero-order chi connectivity index (χ0) is 11.0. The van der Waals surface area contributed by atoms with Gasteiger partial charge in [0.15, 0.2) is 11.4 Å². The highest BCUT2D eigenvalue weighted by atomic mass is 19.2. The third-order valence-corrected chi connectivity index (χ3v) is 2.43. The molecule has 0 bridgehead atoms. The molecule has 2 nitrogen and oxygen atoms in total. The number of hydrogen-bond acceptors (Lipinski definition) is 2. The molecule has 0 aliphatic carbocycles. The van der Waals surface area contributed by atoms with Crippen LogP contribution in [-0.4, -0.2) is 7.05 Å². The summed E-state index contributed by atoms with van der Waals surface area (Å²) < 4.78 is 31.5. The van der Waals surface area contributed by atoms with E-state index in [1.807, 2.05) is 6.92 Å². The van der Waals surface area contributed by atoms with Crippen molar-refractivity contribution in [2.75, 3.05) is 7.05 Å². The van der Waals surface area contributed by atoms with Crippen molar-refractivity contribution in [3.05, 3.63) is 35.1 Å². The lowest BCUT2D eigenvalue weighted by atomic mass is 10.1. The molecule has 0 aliphatic rings. The molecule has 2 rings (SSSR count). The molecule has 2 aromatic rings. The standard InChI is InChI=1S/C11H11F2NO/c1-6-7-3-4-8(12)10(13)11(7)15-9(6)5-14-2/h3-4,14H,5H2,1-2H3. The largest absolute Gasteiger partial charge is 0.456 e. The molecular formula is C11H11F2NO. The lowest BCUT2D eigenvalue weighted by Crippen LogP contribution is -2.04. The van der Waals surface area contributed by atoms with E-state index < -0.39 is 11.6 Å². The van der Waals surface area contributed by atoms with E-state index >= 15 is 0 Å². The van der Waals surface area contributed by atoms with Gasteiger partial charge in [0.05, 0.1) is 6.54 Å². The number of aryl methyl sites for hydroxylation is 1. The first-order valence-corrected chi connectivity index (χ1v) is 4.65. The molecule has 0 saturated carbocycles. The van der Waals surface area contributed by atoms with E-state index in [4.69, 9.17) is 4.42 Å². The third kappa shape index (κ3) is 1.51. The van der Waals surface area contributed by atoms with Gasteiger partial charge in [-0.05, 0) is 31.7 Å². The van der Waals surface area contributed by atoms with Crippen LogP contribution in [0.5, 0.6) is 0 Å². The van der Waals surface area contributed by atoms with Crippen LogP contribution in [0, 0.1) is 18.6 Å². The van der Waals surface area contributed by atoms with Crippen molar-refractivity contribution in [3.8, 4) is 0 Å². The first-order chi connectivity index (χ1) is 7.15. The quantitative estimate of drug-likeness (QED) is 0.826. The Balaban J connectivity index is 2.70. The first-order valence-electron chi connectivity index (χ1n) is 4.65. The van der Waals surface area contributed by atoms with Gasteiger partial charge in [-0.15, -0.1) is 0 Å². The van der Waals surface area contributed by atoms with Gasteiger partial charge in [0.25, 0.3) is 0 Å². The second kappa shape index (κ2) is 3.62. The highest BCUT2D eigenvalue weighted by Gasteiger charge is 2.15. The maximum absolute atomic E-state index is 13.3. The van der Waals surface area contributed by atoms with Crippen molar-refractivity contribution >= 4 is 11.0 Å². The molecule has 1 aromatic heterocycles. The third-order valence-electron chi connectivity index (χ3n) is 2.43. The van der Waals surface area contributed by atoms with Crippen molar-refractivity contribution in [1.29, 1.82) is 0 Å². The summed E-state index contributed by atoms with van der Waals surface area (Å²) in [6, 6.07) is 2.65. The van der Waals surface area contributed by atoms with Crippen LogP contribution in [0.3, 0.4) is 0 Å². The second-order valence-electron chi connectivity index (χ2n) is 3.42. The molecule has 0 atom stereocenters. The van der Waals surface area contributed by atoms with Crippen LogP contribution in [0.4, 0.5) is 8.78 Å². The van der Waals surface area contributed by atoms with Crippen molar-refractivity contribution in [1.82, 2.24) is 5.32 Å². The average Bonchev–Trinajstić information content (AvgIpc) is 2.52. The Morgan fingerprint density at radius 2 is 2.07 bits per heavy atom. The Hall–Kier alpha value is -1.42. The maximum atomic E-state index is 13.3. The topological polar surface area (TPSA) is 25.2 Å². The molecule has 1 N–H and O–H groups in total. The molecule has 0 aliphatic heterocycles. The maximum Gasteiger partial charge on any atom is 0.201 e. The predicted octanol–water partition coefficient (Wildman–Crippen LogP) is 2.74. The van der Waals surface area contributed by atoms with Crippen molar-refractivity contribution in [3.63, 3.8) is 0 Å². The normalized spacial score (nSPS) is 11.2. The number of hydrogen-bond donors (Lipinski definition) is 1. The summed E-state index contributed by atoms with van der Waals surface area (Å²) in [6.45, 7) is 2.33. The molecule has 0 unspecified atom stereocenters. The van der Waals surface area contributed by atoms with Gasteiger partial charge >= 0.3 is 0 Å². The van der Waals surface area contributed by atoms with E-state index in [1.54, 1.807) is 7.05 Å². The summed E-state index contributed by atoms with van der Waals surface area (Å²) in [5.74, 6) is -1.16. The fourth-order valence-electron chi connectivity index (χ4n) is 1.61. The zero-order valence-corrected chi connectivity index (χ0v) is 8.53. The van der Waals surface area contributed by atoms with Crippen molar-refractivity contribution in [2.45, 2.75) is 13.5 Å². The molecule has 0 saturated heterocycles. The van der Waals surface area contributed by atoms with E-state index in [0.717, 1.165) is 11.6 Å². The smallest absolute Gasteiger partial charge is 0.201 e. The van der Waals surface area contributed by atoms with Gasteiger partial charge in [-0.2, -0.15) is 4.39 Å². The summed E-state index contributed by atoms with van der Waals surface area (Å²) in [4.78, 5) is 0. The number of fused-ring (bicyclic) bond motifs is 1. The molecule has 80 valence electrons. The van der Waals surface area contributed by atoms with Crippen LogP contribution >= 0.6 is 0 Å². The minimum atomic E-state index is -0.919. The van der Waals surface area contributed by atoms with Crippen LogP contribution in [0.15, 0.2) is 16.5 Å². The van der Waals surface area contributed by atoms with E-state index in [-0.39, 0.29) is 5.58 Å². The van der Waals surface area contributed by atoms with E-state index in [0.29, 0.717) is 17.7 Å². The second-order valence-corrected chi connectivity index (χ2v) is 3.42. The number of benzene rings is 1. The Labute approximate surface area is 85.9 Å². The van der Waals surface area contributed by atoms with Gasteiger partial charge in [0, 0.05) is 5.39 Å². The van der Waals surface area contributed by atoms with Crippen LogP contribution in [0.1, 0.15) is 11.3 Å². The van der Waals surface area contributed by atoms with Gasteiger partial charge in [-0.25, -0.2) is 4.39 Å². The van der Waals surface area contributed by atoms with E-state index in [1.165, 1.54) is 6.07 Å². The fourth-order valence-corrected chi connectivity index (χ4v) is 1.61. The minimum Gasteiger partial charge on any atom is -0.456 e. The van der Waals surface area contributed by atoms with Crippen molar-refractivity contribution in [2.24, 2.45) is 0 Å². The van der Waals surface area contributed by atoms with Gasteiger partial charge < -0.3 is 9.73 Å². The molecule has 0 amide bonds. The predicted molar refractivity (Wildman–Crippen MR) is 53.6 cm³/mol. The number of furan rings is 1. The molecule has 0 radical (unpaired) electrons. The van der Waals surface area contributed by atoms with Gasteiger partial charge in [0.1, 0.15) is 5.76 Å². The van der Waals surface area contributed by atoms with Crippen LogP contribution in [0.2, 0.25) is 0 Å². The molecule has 15 heavy (non-hydrogen) atoms. The molecule has 1 aromatic carbocycles. The summed E-state index contributed by atoms with van der Waals surface area (Å²) >= 11 is 0. The monoisotopic (exact) mass is 211 g/mol. The van der Waals surface area contributed by atoms with Crippen LogP contribution < -0.4 is 5.32 Å². The lowest BCUT2D eigenvalue weighted by Gasteiger charge is -1.94. The molecule has 4 heteroatoms. The molecule has 0 fully saturated rings. The highest BCUT2D eigenvalue weighted by Crippen LogP contribution is 2.28. The van der Waals surface area contributed by atoms with Crippen LogP contribution in [0.25, 0.3) is 11.0 Å². The summed E-state index contributed by atoms with van der Waals surface area (Å²) in [5, 5.41) is 3.53. The summed E-state index contributed by atoms with van der Waals surface area (Å²) in [6.07, 6.45) is 0. The molecule has 1 heterocycles. The Bertz CT molecular complexity index is 505. The number of nitrogens with one attached hydrogen (secondary N) is 1. The Morgan fingerprint density at radius 1 is 1.33 bits per heavy atom. The first kappa shape index (κ1) is 10.1. The SMILES string of the molecule is CNCc1oc2c(F)c(F)ccc2c1C. The fraction of sp³-hybridized carbons (Fsp3) is 0.273. The lowest BCUT2D eigenvalue weighted by molar-refractivity contribution is 0.472. The summed E-state index contributed by atoms with van der Waals surface area (Å²) in [5.41, 5.74) is 0.844. The average molecular weight is 211 g/mol. The van der Waals surface area contributed by atoms with E-state index in [2.05, 4.69) is 5.32 Å². The highest BCUT2D eigenvalue weighted by molar-refractivity contribution is 5.82. The molecule has 0 spiro atoms. The molecular weight excluding hydrogens is 200 g/mol.